The van der Waals surface area contributed by atoms with E-state index in [2.05, 4.69) is 46.8 Å². The summed E-state index contributed by atoms with van der Waals surface area (Å²) in [7, 11) is 0. The van der Waals surface area contributed by atoms with E-state index in [4.69, 9.17) is 0 Å². The maximum atomic E-state index is 2.28. The Morgan fingerprint density at radius 2 is 1.70 bits per heavy atom. The molecule has 0 aromatic rings. The molecule has 0 nitrogen and oxygen atoms in total. The summed E-state index contributed by atoms with van der Waals surface area (Å²) >= 11 is 0. The second kappa shape index (κ2) is 3.80. The zero-order valence-corrected chi connectivity index (χ0v) is 7.94. The van der Waals surface area contributed by atoms with Gasteiger partial charge in [0, 0.05) is 0 Å². The summed E-state index contributed by atoms with van der Waals surface area (Å²) < 4.78 is 0. The van der Waals surface area contributed by atoms with Gasteiger partial charge in [-0.25, -0.2) is 0 Å². The minimum atomic E-state index is 0.356. The van der Waals surface area contributed by atoms with Gasteiger partial charge in [0.05, 0.1) is 0 Å². The molecule has 0 aromatic carbocycles. The molecule has 0 aliphatic heterocycles. The van der Waals surface area contributed by atoms with E-state index in [0.717, 1.165) is 5.92 Å². The summed E-state index contributed by atoms with van der Waals surface area (Å²) in [5.41, 5.74) is 0.356. The van der Waals surface area contributed by atoms with E-state index in [9.17, 15) is 0 Å². The van der Waals surface area contributed by atoms with Crippen LogP contribution in [0.25, 0.3) is 0 Å². The van der Waals surface area contributed by atoms with Crippen molar-refractivity contribution in [2.45, 2.75) is 41.0 Å². The summed E-state index contributed by atoms with van der Waals surface area (Å²) in [4.78, 5) is 0. The number of hydrogen-bond acceptors (Lipinski definition) is 0. The highest BCUT2D eigenvalue weighted by molar-refractivity contribution is 4.92. The minimum Gasteiger partial charge on any atom is -0.0878 e. The molecule has 0 atom stereocenters. The minimum absolute atomic E-state index is 0.356. The summed E-state index contributed by atoms with van der Waals surface area (Å²) in [6.45, 7) is 11.2. The van der Waals surface area contributed by atoms with Gasteiger partial charge < -0.3 is 0 Å². The highest BCUT2D eigenvalue weighted by atomic mass is 14.1. The lowest BCUT2D eigenvalue weighted by Crippen LogP contribution is -1.98. The van der Waals surface area contributed by atoms with Crippen LogP contribution in [0.1, 0.15) is 41.0 Å². The molecule has 0 saturated heterocycles. The van der Waals surface area contributed by atoms with Gasteiger partial charge >= 0.3 is 0 Å². The second-order valence-electron chi connectivity index (χ2n) is 4.40. The van der Waals surface area contributed by atoms with Gasteiger partial charge in [0.1, 0.15) is 0 Å². The second-order valence-corrected chi connectivity index (χ2v) is 4.40. The third kappa shape index (κ3) is 7.74. The first-order valence-electron chi connectivity index (χ1n) is 4.09. The van der Waals surface area contributed by atoms with Crippen molar-refractivity contribution in [2.24, 2.45) is 11.3 Å². The first kappa shape index (κ1) is 9.74. The van der Waals surface area contributed by atoms with Crippen molar-refractivity contribution in [2.75, 3.05) is 0 Å². The quantitative estimate of drug-likeness (QED) is 0.514. The number of allylic oxidation sites excluding steroid dienone is 2. The molecule has 0 heteroatoms. The molecule has 0 aromatic heterocycles. The van der Waals surface area contributed by atoms with Gasteiger partial charge in [-0.1, -0.05) is 46.8 Å². The molecule has 0 aliphatic rings. The van der Waals surface area contributed by atoms with Crippen LogP contribution in [0.2, 0.25) is 0 Å². The van der Waals surface area contributed by atoms with Gasteiger partial charge in [0.25, 0.3) is 0 Å². The molecule has 10 heavy (non-hydrogen) atoms. The van der Waals surface area contributed by atoms with Crippen LogP contribution < -0.4 is 0 Å². The van der Waals surface area contributed by atoms with Crippen molar-refractivity contribution in [1.82, 2.24) is 0 Å². The third-order valence-electron chi connectivity index (χ3n) is 1.23. The predicted octanol–water partition coefficient (Wildman–Crippen LogP) is 3.63. The summed E-state index contributed by atoms with van der Waals surface area (Å²) in [6, 6.07) is 0. The molecule has 0 spiro atoms. The first-order chi connectivity index (χ1) is 4.42. The van der Waals surface area contributed by atoms with E-state index in [1.165, 1.54) is 6.42 Å². The Labute approximate surface area is 65.3 Å². The Morgan fingerprint density at radius 3 is 2.00 bits per heavy atom. The zero-order chi connectivity index (χ0) is 8.20. The van der Waals surface area contributed by atoms with Crippen LogP contribution in [-0.4, -0.2) is 0 Å². The molecule has 0 amide bonds. The molecule has 60 valence electrons. The topological polar surface area (TPSA) is 0 Å². The standard InChI is InChI=1S/C10H20/c1-9(2)7-6-8-10(3,4)5/h6,8-9H,7H2,1-5H3. The zero-order valence-electron chi connectivity index (χ0n) is 7.94. The Bertz CT molecular complexity index is 102. The van der Waals surface area contributed by atoms with Crippen molar-refractivity contribution >= 4 is 0 Å². The van der Waals surface area contributed by atoms with Crippen molar-refractivity contribution < 1.29 is 0 Å². The molecule has 0 rings (SSSR count). The van der Waals surface area contributed by atoms with Gasteiger partial charge in [0.15, 0.2) is 0 Å². The largest absolute Gasteiger partial charge is 0.0878 e. The Balaban J connectivity index is 3.57. The Kier molecular flexibility index (Phi) is 3.70. The van der Waals surface area contributed by atoms with Gasteiger partial charge in [-0.2, -0.15) is 0 Å². The van der Waals surface area contributed by atoms with Crippen molar-refractivity contribution in [3.8, 4) is 0 Å². The lowest BCUT2D eigenvalue weighted by molar-refractivity contribution is 0.538. The maximum Gasteiger partial charge on any atom is -0.0203 e. The molecule has 0 fully saturated rings. The Hall–Kier alpha value is -0.260. The summed E-state index contributed by atoms with van der Waals surface area (Å²) in [6.07, 6.45) is 5.77. The van der Waals surface area contributed by atoms with Gasteiger partial charge in [-0.15, -0.1) is 0 Å². The SMILES string of the molecule is CC(C)CC=CC(C)(C)C. The normalized spacial score (nSPS) is 13.4. The number of hydrogen-bond donors (Lipinski definition) is 0. The maximum absolute atomic E-state index is 2.28. The fraction of sp³-hybridized carbons (Fsp3) is 0.800. The lowest BCUT2D eigenvalue weighted by Gasteiger charge is -2.11. The van der Waals surface area contributed by atoms with Crippen LogP contribution in [0.5, 0.6) is 0 Å². The monoisotopic (exact) mass is 140 g/mol. The molecule has 0 unspecified atom stereocenters. The van der Waals surface area contributed by atoms with Crippen LogP contribution in [-0.2, 0) is 0 Å². The molecular weight excluding hydrogens is 120 g/mol. The fourth-order valence-corrected chi connectivity index (χ4v) is 0.694. The van der Waals surface area contributed by atoms with Crippen LogP contribution in [0.3, 0.4) is 0 Å². The Morgan fingerprint density at radius 1 is 1.20 bits per heavy atom. The summed E-state index contributed by atoms with van der Waals surface area (Å²) in [5, 5.41) is 0. The first-order valence-corrected chi connectivity index (χ1v) is 4.09. The van der Waals surface area contributed by atoms with E-state index in [1.54, 1.807) is 0 Å². The van der Waals surface area contributed by atoms with Crippen molar-refractivity contribution in [1.29, 1.82) is 0 Å². The molecule has 0 bridgehead atoms. The van der Waals surface area contributed by atoms with E-state index in [1.807, 2.05) is 0 Å². The van der Waals surface area contributed by atoms with Gasteiger partial charge in [0.2, 0.25) is 0 Å². The van der Waals surface area contributed by atoms with E-state index in [-0.39, 0.29) is 0 Å². The molecular formula is C10H20. The van der Waals surface area contributed by atoms with Crippen molar-refractivity contribution in [3.05, 3.63) is 12.2 Å². The predicted molar refractivity (Wildman–Crippen MR) is 48.1 cm³/mol. The molecule has 0 N–H and O–H groups in total. The summed E-state index contributed by atoms with van der Waals surface area (Å²) in [5.74, 6) is 0.790. The highest BCUT2D eigenvalue weighted by Crippen LogP contribution is 2.15. The van der Waals surface area contributed by atoms with E-state index >= 15 is 0 Å². The van der Waals surface area contributed by atoms with Crippen LogP contribution in [0, 0.1) is 11.3 Å². The van der Waals surface area contributed by atoms with Gasteiger partial charge in [-0.3, -0.25) is 0 Å². The van der Waals surface area contributed by atoms with E-state index in [0.29, 0.717) is 5.41 Å². The van der Waals surface area contributed by atoms with Crippen LogP contribution >= 0.6 is 0 Å². The lowest BCUT2D eigenvalue weighted by atomic mass is 9.95. The van der Waals surface area contributed by atoms with Crippen molar-refractivity contribution in [3.63, 3.8) is 0 Å². The molecule has 0 radical (unpaired) electrons. The van der Waals surface area contributed by atoms with Crippen LogP contribution in [0.15, 0.2) is 12.2 Å². The molecule has 0 aliphatic carbocycles. The smallest absolute Gasteiger partial charge is 0.0203 e. The highest BCUT2D eigenvalue weighted by Gasteiger charge is 2.02. The van der Waals surface area contributed by atoms with Gasteiger partial charge in [-0.05, 0) is 17.8 Å². The fourth-order valence-electron chi connectivity index (χ4n) is 0.694. The number of rotatable bonds is 2. The third-order valence-corrected chi connectivity index (χ3v) is 1.23. The average Bonchev–Trinajstić information content (AvgIpc) is 1.59. The van der Waals surface area contributed by atoms with Crippen LogP contribution in [0.4, 0.5) is 0 Å². The average molecular weight is 140 g/mol. The van der Waals surface area contributed by atoms with E-state index < -0.39 is 0 Å². The molecule has 0 saturated carbocycles. The molecule has 0 heterocycles.